The second-order valence-electron chi connectivity index (χ2n) is 5.07. The molecule has 0 bridgehead atoms. The van der Waals surface area contributed by atoms with Crippen LogP contribution in [0.1, 0.15) is 20.8 Å². The molecule has 0 aromatic heterocycles. The standard InChI is InChI=1S/C12H15ClN2S2/c1-12(2,3)10-14-15(11(16)17-10)9-6-4-8(13)5-7-9/h4-7,10,14H,1-3H3. The van der Waals surface area contributed by atoms with Gasteiger partial charge in [0, 0.05) is 5.02 Å². The smallest absolute Gasteiger partial charge is 0.157 e. The molecule has 1 unspecified atom stereocenters. The number of nitrogens with one attached hydrogen (secondary N) is 1. The van der Waals surface area contributed by atoms with Crippen LogP contribution in [0.25, 0.3) is 0 Å². The van der Waals surface area contributed by atoms with Crippen molar-refractivity contribution >= 4 is 45.6 Å². The Bertz CT molecular complexity index is 425. The van der Waals surface area contributed by atoms with E-state index in [4.69, 9.17) is 23.8 Å². The summed E-state index contributed by atoms with van der Waals surface area (Å²) in [5, 5.41) is 2.98. The maximum Gasteiger partial charge on any atom is 0.157 e. The van der Waals surface area contributed by atoms with Crippen molar-refractivity contribution in [2.24, 2.45) is 5.41 Å². The van der Waals surface area contributed by atoms with Crippen molar-refractivity contribution < 1.29 is 0 Å². The quantitative estimate of drug-likeness (QED) is 0.783. The van der Waals surface area contributed by atoms with Crippen LogP contribution in [0, 0.1) is 5.41 Å². The van der Waals surface area contributed by atoms with Crippen LogP contribution in [0.5, 0.6) is 0 Å². The van der Waals surface area contributed by atoms with Gasteiger partial charge in [0.1, 0.15) is 0 Å². The first kappa shape index (κ1) is 13.1. The molecule has 1 aliphatic heterocycles. The molecule has 0 saturated carbocycles. The number of nitrogens with zero attached hydrogens (tertiary/aromatic N) is 1. The fourth-order valence-corrected chi connectivity index (χ4v) is 3.04. The number of thioether (sulfide) groups is 1. The third-order valence-corrected chi connectivity index (χ3v) is 4.67. The summed E-state index contributed by atoms with van der Waals surface area (Å²) in [5.74, 6) is 0. The van der Waals surface area contributed by atoms with Crippen molar-refractivity contribution in [1.29, 1.82) is 0 Å². The first-order valence-electron chi connectivity index (χ1n) is 5.40. The molecule has 2 rings (SSSR count). The minimum Gasteiger partial charge on any atom is -0.259 e. The van der Waals surface area contributed by atoms with Gasteiger partial charge >= 0.3 is 0 Å². The minimum absolute atomic E-state index is 0.163. The molecule has 0 amide bonds. The number of hydrogen-bond donors (Lipinski definition) is 1. The van der Waals surface area contributed by atoms with Gasteiger partial charge in [0.2, 0.25) is 0 Å². The van der Waals surface area contributed by atoms with Crippen LogP contribution >= 0.6 is 35.6 Å². The Morgan fingerprint density at radius 1 is 1.29 bits per heavy atom. The highest BCUT2D eigenvalue weighted by atomic mass is 35.5. The van der Waals surface area contributed by atoms with Crippen molar-refractivity contribution in [3.05, 3.63) is 29.3 Å². The molecule has 92 valence electrons. The van der Waals surface area contributed by atoms with Gasteiger partial charge in [-0.15, -0.1) is 0 Å². The molecule has 1 aliphatic rings. The molecule has 1 aromatic carbocycles. The van der Waals surface area contributed by atoms with Crippen molar-refractivity contribution in [1.82, 2.24) is 5.43 Å². The highest BCUT2D eigenvalue weighted by Gasteiger charge is 2.35. The molecule has 1 heterocycles. The van der Waals surface area contributed by atoms with Crippen molar-refractivity contribution in [2.45, 2.75) is 26.1 Å². The Balaban J connectivity index is 2.19. The molecule has 0 radical (unpaired) electrons. The van der Waals surface area contributed by atoms with Crippen LogP contribution in [0.15, 0.2) is 24.3 Å². The van der Waals surface area contributed by atoms with E-state index in [-0.39, 0.29) is 5.41 Å². The summed E-state index contributed by atoms with van der Waals surface area (Å²) in [6.45, 7) is 6.60. The number of halogens is 1. The highest BCUT2D eigenvalue weighted by Crippen LogP contribution is 2.36. The third kappa shape index (κ3) is 2.94. The first-order chi connectivity index (χ1) is 7.88. The number of rotatable bonds is 1. The summed E-state index contributed by atoms with van der Waals surface area (Å²) in [5.41, 5.74) is 4.62. The lowest BCUT2D eigenvalue weighted by Gasteiger charge is -2.26. The van der Waals surface area contributed by atoms with Crippen LogP contribution in [-0.4, -0.2) is 9.69 Å². The zero-order chi connectivity index (χ0) is 12.6. The van der Waals surface area contributed by atoms with E-state index >= 15 is 0 Å². The molecule has 1 aromatic rings. The van der Waals surface area contributed by atoms with E-state index in [1.54, 1.807) is 11.8 Å². The summed E-state index contributed by atoms with van der Waals surface area (Å²) in [6.07, 6.45) is 0. The van der Waals surface area contributed by atoms with E-state index in [1.165, 1.54) is 0 Å². The lowest BCUT2D eigenvalue weighted by molar-refractivity contribution is 0.360. The van der Waals surface area contributed by atoms with Crippen LogP contribution in [0.4, 0.5) is 5.69 Å². The highest BCUT2D eigenvalue weighted by molar-refractivity contribution is 8.24. The second-order valence-corrected chi connectivity index (χ2v) is 7.25. The van der Waals surface area contributed by atoms with Crippen molar-refractivity contribution in [3.63, 3.8) is 0 Å². The molecule has 17 heavy (non-hydrogen) atoms. The minimum atomic E-state index is 0.163. The van der Waals surface area contributed by atoms with Crippen LogP contribution < -0.4 is 10.4 Å². The molecule has 1 N–H and O–H groups in total. The van der Waals surface area contributed by atoms with E-state index in [0.717, 1.165) is 15.0 Å². The number of hydrogen-bond acceptors (Lipinski definition) is 3. The third-order valence-electron chi connectivity index (χ3n) is 2.52. The Morgan fingerprint density at radius 2 is 1.88 bits per heavy atom. The molecule has 1 saturated heterocycles. The Kier molecular flexibility index (Phi) is 3.69. The van der Waals surface area contributed by atoms with Gasteiger partial charge in [-0.1, -0.05) is 56.4 Å². The van der Waals surface area contributed by atoms with Crippen molar-refractivity contribution in [3.8, 4) is 0 Å². The fourth-order valence-electron chi connectivity index (χ4n) is 1.49. The largest absolute Gasteiger partial charge is 0.259 e. The first-order valence-corrected chi connectivity index (χ1v) is 7.07. The summed E-state index contributed by atoms with van der Waals surface area (Å²) in [7, 11) is 0. The van der Waals surface area contributed by atoms with E-state index in [9.17, 15) is 0 Å². The van der Waals surface area contributed by atoms with E-state index < -0.39 is 0 Å². The monoisotopic (exact) mass is 286 g/mol. The maximum absolute atomic E-state index is 5.88. The summed E-state index contributed by atoms with van der Waals surface area (Å²) < 4.78 is 0.854. The zero-order valence-corrected chi connectivity index (χ0v) is 12.4. The average Bonchev–Trinajstić information content (AvgIpc) is 2.61. The fraction of sp³-hybridized carbons (Fsp3) is 0.417. The van der Waals surface area contributed by atoms with Crippen LogP contribution in [0.2, 0.25) is 5.02 Å². The molecule has 2 nitrogen and oxygen atoms in total. The molecule has 1 atom stereocenters. The van der Waals surface area contributed by atoms with Gasteiger partial charge in [0.25, 0.3) is 0 Å². The van der Waals surface area contributed by atoms with Crippen molar-refractivity contribution in [2.75, 3.05) is 5.01 Å². The lowest BCUT2D eigenvalue weighted by atomic mass is 9.97. The molecule has 0 aliphatic carbocycles. The number of anilines is 1. The maximum atomic E-state index is 5.88. The SMILES string of the molecule is CC(C)(C)C1NN(c2ccc(Cl)cc2)C(=S)S1. The Hall–Kier alpha value is -0.290. The summed E-state index contributed by atoms with van der Waals surface area (Å²) >= 11 is 13.0. The van der Waals surface area contributed by atoms with Gasteiger partial charge < -0.3 is 0 Å². The number of benzene rings is 1. The molecular formula is C12H15ClN2S2. The van der Waals surface area contributed by atoms with Crippen LogP contribution in [0.3, 0.4) is 0 Å². The van der Waals surface area contributed by atoms with Gasteiger partial charge in [0.05, 0.1) is 11.1 Å². The summed E-state index contributed by atoms with van der Waals surface area (Å²) in [6, 6.07) is 7.67. The average molecular weight is 287 g/mol. The zero-order valence-electron chi connectivity index (χ0n) is 10.0. The van der Waals surface area contributed by atoms with Gasteiger partial charge in [-0.2, -0.15) is 0 Å². The van der Waals surface area contributed by atoms with E-state index in [1.807, 2.05) is 29.3 Å². The van der Waals surface area contributed by atoms with E-state index in [2.05, 4.69) is 26.2 Å². The normalized spacial score (nSPS) is 21.1. The second kappa shape index (κ2) is 4.76. The number of hydrazine groups is 1. The predicted octanol–water partition coefficient (Wildman–Crippen LogP) is 4.05. The molecule has 5 heteroatoms. The van der Waals surface area contributed by atoms with Gasteiger partial charge in [-0.25, -0.2) is 5.43 Å². The Morgan fingerprint density at radius 3 is 2.35 bits per heavy atom. The van der Waals surface area contributed by atoms with Gasteiger partial charge in [-0.05, 0) is 29.7 Å². The molecule has 1 fully saturated rings. The molecule has 0 spiro atoms. The number of thiocarbonyl (C=S) groups is 1. The van der Waals surface area contributed by atoms with E-state index in [0.29, 0.717) is 5.37 Å². The Labute approximate surface area is 117 Å². The summed E-state index contributed by atoms with van der Waals surface area (Å²) in [4.78, 5) is 0. The van der Waals surface area contributed by atoms with Crippen LogP contribution in [-0.2, 0) is 0 Å². The predicted molar refractivity (Wildman–Crippen MR) is 80.5 cm³/mol. The lowest BCUT2D eigenvalue weighted by Crippen LogP contribution is -2.42. The topological polar surface area (TPSA) is 15.3 Å². The van der Waals surface area contributed by atoms with Gasteiger partial charge in [-0.3, -0.25) is 5.01 Å². The molecular weight excluding hydrogens is 272 g/mol. The van der Waals surface area contributed by atoms with Gasteiger partial charge in [0.15, 0.2) is 4.32 Å².